The Labute approximate surface area is 105 Å². The quantitative estimate of drug-likeness (QED) is 0.713. The van der Waals surface area contributed by atoms with Crippen LogP contribution in [0.25, 0.3) is 11.0 Å². The maximum Gasteiger partial charge on any atom is 0.336 e. The van der Waals surface area contributed by atoms with Gasteiger partial charge in [0.15, 0.2) is 0 Å². The van der Waals surface area contributed by atoms with Crippen LogP contribution in [0.1, 0.15) is 0 Å². The molecule has 0 atom stereocenters. The van der Waals surface area contributed by atoms with Crippen LogP contribution < -0.4 is 10.5 Å². The molecule has 0 amide bonds. The van der Waals surface area contributed by atoms with Gasteiger partial charge in [0.25, 0.3) is 0 Å². The van der Waals surface area contributed by atoms with Gasteiger partial charge in [-0.3, -0.25) is 0 Å². The fourth-order valence-electron chi connectivity index (χ4n) is 2.31. The molecule has 18 heavy (non-hydrogen) atoms. The SMILES string of the molecule is CN1CCN(c2ccc3ccc(=O)oc3c2)CC1. The molecule has 0 radical (unpaired) electrons. The van der Waals surface area contributed by atoms with Gasteiger partial charge in [0.05, 0.1) is 0 Å². The van der Waals surface area contributed by atoms with E-state index in [9.17, 15) is 4.79 Å². The Morgan fingerprint density at radius 3 is 2.56 bits per heavy atom. The monoisotopic (exact) mass is 244 g/mol. The van der Waals surface area contributed by atoms with Crippen molar-refractivity contribution in [3.8, 4) is 0 Å². The summed E-state index contributed by atoms with van der Waals surface area (Å²) in [4.78, 5) is 15.9. The van der Waals surface area contributed by atoms with Crippen molar-refractivity contribution in [3.05, 3.63) is 40.8 Å². The molecule has 0 aliphatic carbocycles. The lowest BCUT2D eigenvalue weighted by atomic mass is 10.2. The van der Waals surface area contributed by atoms with E-state index in [1.807, 2.05) is 12.1 Å². The van der Waals surface area contributed by atoms with Crippen LogP contribution in [0.3, 0.4) is 0 Å². The third-order valence-electron chi connectivity index (χ3n) is 3.48. The fourth-order valence-corrected chi connectivity index (χ4v) is 2.31. The van der Waals surface area contributed by atoms with Crippen LogP contribution in [0.2, 0.25) is 0 Å². The second-order valence-electron chi connectivity index (χ2n) is 4.77. The molecule has 2 heterocycles. The first-order chi connectivity index (χ1) is 8.72. The molecule has 1 aromatic heterocycles. The van der Waals surface area contributed by atoms with Crippen molar-refractivity contribution in [3.63, 3.8) is 0 Å². The van der Waals surface area contributed by atoms with Gasteiger partial charge in [0.2, 0.25) is 0 Å². The van der Waals surface area contributed by atoms with Crippen molar-refractivity contribution in [2.24, 2.45) is 0 Å². The van der Waals surface area contributed by atoms with Gasteiger partial charge in [-0.2, -0.15) is 0 Å². The van der Waals surface area contributed by atoms with E-state index in [1.54, 1.807) is 6.07 Å². The summed E-state index contributed by atoms with van der Waals surface area (Å²) in [6, 6.07) is 9.31. The second-order valence-corrected chi connectivity index (χ2v) is 4.77. The number of hydrogen-bond acceptors (Lipinski definition) is 4. The normalized spacial score (nSPS) is 17.3. The Hall–Kier alpha value is -1.81. The largest absolute Gasteiger partial charge is 0.423 e. The lowest BCUT2D eigenvalue weighted by Crippen LogP contribution is -2.44. The third kappa shape index (κ3) is 2.11. The summed E-state index contributed by atoms with van der Waals surface area (Å²) in [5.41, 5.74) is 1.50. The number of piperazine rings is 1. The Morgan fingerprint density at radius 1 is 1.06 bits per heavy atom. The summed E-state index contributed by atoms with van der Waals surface area (Å²) in [5.74, 6) is 0. The summed E-state index contributed by atoms with van der Waals surface area (Å²) in [7, 11) is 2.14. The summed E-state index contributed by atoms with van der Waals surface area (Å²) in [5, 5.41) is 0.965. The van der Waals surface area contributed by atoms with Gasteiger partial charge in [-0.15, -0.1) is 0 Å². The minimum atomic E-state index is -0.293. The van der Waals surface area contributed by atoms with E-state index in [4.69, 9.17) is 4.42 Å². The highest BCUT2D eigenvalue weighted by molar-refractivity contribution is 5.80. The van der Waals surface area contributed by atoms with Gasteiger partial charge in [0.1, 0.15) is 5.58 Å². The topological polar surface area (TPSA) is 36.7 Å². The molecule has 0 saturated carbocycles. The number of rotatable bonds is 1. The first kappa shape index (κ1) is 11.3. The zero-order valence-corrected chi connectivity index (χ0v) is 10.4. The van der Waals surface area contributed by atoms with E-state index in [0.29, 0.717) is 5.58 Å². The fraction of sp³-hybridized carbons (Fsp3) is 0.357. The maximum atomic E-state index is 11.2. The summed E-state index contributed by atoms with van der Waals surface area (Å²) >= 11 is 0. The summed E-state index contributed by atoms with van der Waals surface area (Å²) < 4.78 is 5.22. The van der Waals surface area contributed by atoms with Gasteiger partial charge < -0.3 is 14.2 Å². The minimum absolute atomic E-state index is 0.293. The molecule has 1 saturated heterocycles. The maximum absolute atomic E-state index is 11.2. The van der Waals surface area contributed by atoms with Gasteiger partial charge in [-0.25, -0.2) is 4.79 Å². The zero-order valence-electron chi connectivity index (χ0n) is 10.4. The molecule has 1 aliphatic rings. The number of fused-ring (bicyclic) bond motifs is 1. The Morgan fingerprint density at radius 2 is 1.78 bits per heavy atom. The molecule has 0 N–H and O–H groups in total. The molecular weight excluding hydrogens is 228 g/mol. The van der Waals surface area contributed by atoms with Crippen molar-refractivity contribution in [1.82, 2.24) is 4.90 Å². The van der Waals surface area contributed by atoms with Gasteiger partial charge in [-0.1, -0.05) is 0 Å². The molecule has 2 aromatic rings. The number of likely N-dealkylation sites (N-methyl/N-ethyl adjacent to an activating group) is 1. The molecular formula is C14H16N2O2. The molecule has 4 nitrogen and oxygen atoms in total. The summed E-state index contributed by atoms with van der Waals surface area (Å²) in [6.07, 6.45) is 0. The van der Waals surface area contributed by atoms with Crippen LogP contribution in [0.15, 0.2) is 39.5 Å². The standard InChI is InChI=1S/C14H16N2O2/c1-15-6-8-16(9-7-15)12-4-2-11-3-5-14(17)18-13(11)10-12/h2-5,10H,6-9H2,1H3. The van der Waals surface area contributed by atoms with E-state index in [-0.39, 0.29) is 5.63 Å². The van der Waals surface area contributed by atoms with E-state index < -0.39 is 0 Å². The number of hydrogen-bond donors (Lipinski definition) is 0. The number of benzene rings is 1. The van der Waals surface area contributed by atoms with Gasteiger partial charge in [0, 0.05) is 49.4 Å². The van der Waals surface area contributed by atoms with Crippen LogP contribution in [0.4, 0.5) is 5.69 Å². The third-order valence-corrected chi connectivity index (χ3v) is 3.48. The van der Waals surface area contributed by atoms with Crippen LogP contribution in [0.5, 0.6) is 0 Å². The van der Waals surface area contributed by atoms with Crippen LogP contribution in [0, 0.1) is 0 Å². The van der Waals surface area contributed by atoms with E-state index in [1.165, 1.54) is 6.07 Å². The first-order valence-corrected chi connectivity index (χ1v) is 6.20. The van der Waals surface area contributed by atoms with Gasteiger partial charge >= 0.3 is 5.63 Å². The van der Waals surface area contributed by atoms with Crippen LogP contribution in [-0.4, -0.2) is 38.1 Å². The lowest BCUT2D eigenvalue weighted by molar-refractivity contribution is 0.313. The molecule has 0 bridgehead atoms. The molecule has 3 rings (SSSR count). The minimum Gasteiger partial charge on any atom is -0.423 e. The van der Waals surface area contributed by atoms with E-state index >= 15 is 0 Å². The predicted molar refractivity (Wildman–Crippen MR) is 72.2 cm³/mol. The second kappa shape index (κ2) is 4.46. The molecule has 1 aliphatic heterocycles. The highest BCUT2D eigenvalue weighted by Crippen LogP contribution is 2.22. The zero-order chi connectivity index (χ0) is 12.5. The van der Waals surface area contributed by atoms with Crippen molar-refractivity contribution in [2.45, 2.75) is 0 Å². The highest BCUT2D eigenvalue weighted by atomic mass is 16.4. The molecule has 0 spiro atoms. The molecule has 4 heteroatoms. The van der Waals surface area contributed by atoms with Crippen molar-refractivity contribution >= 4 is 16.7 Å². The molecule has 1 fully saturated rings. The predicted octanol–water partition coefficient (Wildman–Crippen LogP) is 1.54. The molecule has 1 aromatic carbocycles. The van der Waals surface area contributed by atoms with Gasteiger partial charge in [-0.05, 0) is 25.2 Å². The van der Waals surface area contributed by atoms with Crippen LogP contribution in [-0.2, 0) is 0 Å². The van der Waals surface area contributed by atoms with Crippen LogP contribution >= 0.6 is 0 Å². The average molecular weight is 244 g/mol. The van der Waals surface area contributed by atoms with Crippen molar-refractivity contribution < 1.29 is 4.42 Å². The Bertz CT molecular complexity index is 612. The average Bonchev–Trinajstić information content (AvgIpc) is 2.38. The smallest absolute Gasteiger partial charge is 0.336 e. The lowest BCUT2D eigenvalue weighted by Gasteiger charge is -2.34. The number of anilines is 1. The van der Waals surface area contributed by atoms with Crippen molar-refractivity contribution in [2.75, 3.05) is 38.1 Å². The number of nitrogens with zero attached hydrogens (tertiary/aromatic N) is 2. The van der Waals surface area contributed by atoms with E-state index in [0.717, 1.165) is 37.3 Å². The Kier molecular flexibility index (Phi) is 2.80. The van der Waals surface area contributed by atoms with E-state index in [2.05, 4.69) is 22.9 Å². The first-order valence-electron chi connectivity index (χ1n) is 6.20. The highest BCUT2D eigenvalue weighted by Gasteiger charge is 2.14. The Balaban J connectivity index is 1.95. The van der Waals surface area contributed by atoms with Crippen molar-refractivity contribution in [1.29, 1.82) is 0 Å². The molecule has 94 valence electrons. The molecule has 0 unspecified atom stereocenters. The summed E-state index contributed by atoms with van der Waals surface area (Å²) in [6.45, 7) is 4.16.